The molecule has 0 aromatic heterocycles. The van der Waals surface area contributed by atoms with Crippen molar-refractivity contribution in [2.24, 2.45) is 0 Å². The van der Waals surface area contributed by atoms with E-state index in [4.69, 9.17) is 42.6 Å². The number of rotatable bonds is 13. The van der Waals surface area contributed by atoms with Gasteiger partial charge in [0.15, 0.2) is 24.0 Å². The molecule has 0 saturated carbocycles. The molecule has 0 spiro atoms. The van der Waals surface area contributed by atoms with Gasteiger partial charge >= 0.3 is 0 Å². The summed E-state index contributed by atoms with van der Waals surface area (Å²) >= 11 is 0. The minimum atomic E-state index is -0.773. The van der Waals surface area contributed by atoms with Crippen LogP contribution in [-0.4, -0.2) is 67.2 Å². The van der Waals surface area contributed by atoms with Gasteiger partial charge < -0.3 is 42.6 Å². The van der Waals surface area contributed by atoms with Crippen molar-refractivity contribution in [1.82, 2.24) is 0 Å². The van der Waals surface area contributed by atoms with Crippen LogP contribution in [0.25, 0.3) is 0 Å². The molecule has 4 aliphatic rings. The van der Waals surface area contributed by atoms with Gasteiger partial charge in [-0.05, 0) is 56.9 Å². The molecule has 0 bridgehead atoms. The monoisotopic (exact) mass is 672 g/mol. The maximum absolute atomic E-state index is 6.72. The molecule has 49 heavy (non-hydrogen) atoms. The lowest BCUT2D eigenvalue weighted by molar-refractivity contribution is -0.235. The third kappa shape index (κ3) is 8.61. The van der Waals surface area contributed by atoms with Gasteiger partial charge in [-0.1, -0.05) is 91.0 Å². The lowest BCUT2D eigenvalue weighted by Crippen LogP contribution is -2.55. The molecule has 4 aliphatic heterocycles. The molecule has 3 fully saturated rings. The smallest absolute Gasteiger partial charge is 0.190 e. The van der Waals surface area contributed by atoms with Crippen LogP contribution in [0.2, 0.25) is 0 Å². The van der Waals surface area contributed by atoms with E-state index in [1.54, 1.807) is 0 Å². The molecule has 9 nitrogen and oxygen atoms in total. The van der Waals surface area contributed by atoms with Crippen molar-refractivity contribution >= 4 is 0 Å². The molecule has 7 rings (SSSR count). The van der Waals surface area contributed by atoms with Crippen LogP contribution in [0.15, 0.2) is 103 Å². The van der Waals surface area contributed by atoms with Gasteiger partial charge in [0.25, 0.3) is 0 Å². The number of benzene rings is 3. The van der Waals surface area contributed by atoms with Gasteiger partial charge in [0.05, 0.1) is 38.3 Å². The first-order valence-electron chi connectivity index (χ1n) is 17.4. The summed E-state index contributed by atoms with van der Waals surface area (Å²) in [6, 6.07) is 30.5. The average molecular weight is 673 g/mol. The Morgan fingerprint density at radius 3 is 1.80 bits per heavy atom. The predicted octanol–water partition coefficient (Wildman–Crippen LogP) is 6.83. The topological polar surface area (TPSA) is 83.1 Å². The molecule has 262 valence electrons. The highest BCUT2D eigenvalue weighted by Crippen LogP contribution is 2.45. The Morgan fingerprint density at radius 2 is 1.14 bits per heavy atom. The van der Waals surface area contributed by atoms with Gasteiger partial charge in [-0.2, -0.15) is 0 Å². The van der Waals surface area contributed by atoms with Crippen molar-refractivity contribution in [2.45, 2.75) is 121 Å². The molecular weight excluding hydrogens is 624 g/mol. The normalized spacial score (nSPS) is 31.4. The molecule has 0 aliphatic carbocycles. The third-order valence-electron chi connectivity index (χ3n) is 9.23. The molecular formula is C40H48O9. The number of allylic oxidation sites excluding steroid dienone is 1. The summed E-state index contributed by atoms with van der Waals surface area (Å²) in [6.45, 7) is 9.29. The lowest BCUT2D eigenvalue weighted by Gasteiger charge is -2.39. The molecule has 3 saturated heterocycles. The largest absolute Gasteiger partial charge is 0.490 e. The first kappa shape index (κ1) is 34.3. The fourth-order valence-corrected chi connectivity index (χ4v) is 7.02. The molecule has 8 atom stereocenters. The van der Waals surface area contributed by atoms with E-state index in [0.29, 0.717) is 39.3 Å². The summed E-state index contributed by atoms with van der Waals surface area (Å²) in [5, 5.41) is 0. The van der Waals surface area contributed by atoms with E-state index < -0.39 is 30.1 Å². The zero-order valence-electron chi connectivity index (χ0n) is 28.8. The number of ether oxygens (including phenoxy) is 9. The molecule has 0 N–H and O–H groups in total. The highest BCUT2D eigenvalue weighted by atomic mass is 16.9. The Balaban J connectivity index is 1.10. The molecule has 0 amide bonds. The van der Waals surface area contributed by atoms with Crippen molar-refractivity contribution < 1.29 is 42.6 Å². The van der Waals surface area contributed by atoms with Crippen molar-refractivity contribution in [3.8, 4) is 0 Å². The third-order valence-corrected chi connectivity index (χ3v) is 9.23. The second kappa shape index (κ2) is 15.0. The van der Waals surface area contributed by atoms with E-state index in [0.717, 1.165) is 22.4 Å². The molecule has 4 heterocycles. The Hall–Kier alpha value is -3.12. The van der Waals surface area contributed by atoms with E-state index in [9.17, 15) is 0 Å². The van der Waals surface area contributed by atoms with E-state index >= 15 is 0 Å². The summed E-state index contributed by atoms with van der Waals surface area (Å²) in [7, 11) is 0. The average Bonchev–Trinajstić information content (AvgIpc) is 3.60. The van der Waals surface area contributed by atoms with Crippen molar-refractivity contribution in [1.29, 1.82) is 0 Å². The summed E-state index contributed by atoms with van der Waals surface area (Å²) < 4.78 is 57.8. The van der Waals surface area contributed by atoms with Crippen molar-refractivity contribution in [3.63, 3.8) is 0 Å². The molecule has 0 radical (unpaired) electrons. The lowest BCUT2D eigenvalue weighted by atomic mass is 9.94. The highest BCUT2D eigenvalue weighted by molar-refractivity contribution is 5.17. The number of hydrogen-bond donors (Lipinski definition) is 0. The van der Waals surface area contributed by atoms with E-state index in [1.165, 1.54) is 0 Å². The van der Waals surface area contributed by atoms with Gasteiger partial charge in [0.1, 0.15) is 30.5 Å². The van der Waals surface area contributed by atoms with E-state index in [1.807, 2.05) is 82.3 Å². The number of fused-ring (bicyclic) bond motifs is 3. The zero-order chi connectivity index (χ0) is 33.8. The summed E-state index contributed by atoms with van der Waals surface area (Å²) in [4.78, 5) is 0. The Morgan fingerprint density at radius 1 is 0.592 bits per heavy atom. The van der Waals surface area contributed by atoms with Crippen LogP contribution in [0.5, 0.6) is 0 Å². The molecule has 0 unspecified atom stereocenters. The predicted molar refractivity (Wildman–Crippen MR) is 181 cm³/mol. The maximum Gasteiger partial charge on any atom is 0.190 e. The Kier molecular flexibility index (Phi) is 10.5. The van der Waals surface area contributed by atoms with Crippen molar-refractivity contribution in [2.75, 3.05) is 6.61 Å². The second-order valence-electron chi connectivity index (χ2n) is 14.1. The first-order valence-corrected chi connectivity index (χ1v) is 17.4. The van der Waals surface area contributed by atoms with Crippen LogP contribution in [-0.2, 0) is 62.5 Å². The Labute approximate surface area is 289 Å². The van der Waals surface area contributed by atoms with Gasteiger partial charge in [0, 0.05) is 6.42 Å². The standard InChI is InChI=1S/C40H48O9/c1-39(2)46-35-31(45-38-37(36(35)47-39)48-40(3,4)49-38)21-20-30-22-32(42-24-28-16-10-6-11-17-28)34(43-25-29-18-12-7-13-19-29)33(44-30)26-41-23-27-14-8-5-9-15-27/h5-19,22,31-38H,20-21,23-26H2,1-4H3/t31-,32+,33-,34-,35+,36+,37-,38-/m1/s1. The quantitative estimate of drug-likeness (QED) is 0.194. The summed E-state index contributed by atoms with van der Waals surface area (Å²) in [6.07, 6.45) is 0.261. The highest BCUT2D eigenvalue weighted by Gasteiger charge is 2.60. The van der Waals surface area contributed by atoms with E-state index in [-0.39, 0.29) is 30.5 Å². The van der Waals surface area contributed by atoms with Gasteiger partial charge in [-0.15, -0.1) is 0 Å². The van der Waals surface area contributed by atoms with Crippen molar-refractivity contribution in [3.05, 3.63) is 120 Å². The van der Waals surface area contributed by atoms with Crippen LogP contribution < -0.4 is 0 Å². The van der Waals surface area contributed by atoms with Crippen LogP contribution in [0.4, 0.5) is 0 Å². The zero-order valence-corrected chi connectivity index (χ0v) is 28.8. The minimum absolute atomic E-state index is 0.293. The fourth-order valence-electron chi connectivity index (χ4n) is 7.02. The maximum atomic E-state index is 6.72. The van der Waals surface area contributed by atoms with Crippen LogP contribution >= 0.6 is 0 Å². The van der Waals surface area contributed by atoms with Gasteiger partial charge in [-0.3, -0.25) is 0 Å². The van der Waals surface area contributed by atoms with Crippen LogP contribution in [0.3, 0.4) is 0 Å². The molecule has 3 aromatic carbocycles. The summed E-state index contributed by atoms with van der Waals surface area (Å²) in [5.41, 5.74) is 3.26. The van der Waals surface area contributed by atoms with Crippen LogP contribution in [0, 0.1) is 0 Å². The number of hydrogen-bond acceptors (Lipinski definition) is 9. The van der Waals surface area contributed by atoms with Crippen LogP contribution in [0.1, 0.15) is 57.2 Å². The summed E-state index contributed by atoms with van der Waals surface area (Å²) in [5.74, 6) is -0.732. The molecule has 9 heteroatoms. The first-order chi connectivity index (χ1) is 23.7. The SMILES string of the molecule is CC1(C)O[C@H]2[C@@H](O1)[C@@H](CCC1=C[C@H](OCc3ccccc3)[C@@H](OCc3ccccc3)[C@@H](COCc3ccccc3)O1)O[C@@H]1OC(C)(C)O[C@@H]12. The van der Waals surface area contributed by atoms with Gasteiger partial charge in [0.2, 0.25) is 0 Å². The Bertz CT molecular complexity index is 1510. The van der Waals surface area contributed by atoms with E-state index in [2.05, 4.69) is 42.5 Å². The minimum Gasteiger partial charge on any atom is -0.490 e. The van der Waals surface area contributed by atoms with Gasteiger partial charge in [-0.25, -0.2) is 0 Å². The fraction of sp³-hybridized carbons (Fsp3) is 0.500. The second-order valence-corrected chi connectivity index (χ2v) is 14.1. The molecule has 3 aromatic rings.